The number of aromatic nitrogens is 3. The Morgan fingerprint density at radius 3 is 2.67 bits per heavy atom. The maximum Gasteiger partial charge on any atom is 0.416 e. The molecule has 4 rings (SSSR count). The summed E-state index contributed by atoms with van der Waals surface area (Å²) in [7, 11) is 1.72. The van der Waals surface area contributed by atoms with E-state index in [-0.39, 0.29) is 18.8 Å². The van der Waals surface area contributed by atoms with Gasteiger partial charge in [-0.3, -0.25) is 4.79 Å². The molecule has 0 spiro atoms. The van der Waals surface area contributed by atoms with Gasteiger partial charge in [0.2, 0.25) is 0 Å². The summed E-state index contributed by atoms with van der Waals surface area (Å²) in [4.78, 5) is 20.8. The predicted molar refractivity (Wildman–Crippen MR) is 130 cm³/mol. The van der Waals surface area contributed by atoms with Crippen molar-refractivity contribution < 1.29 is 27.8 Å². The van der Waals surface area contributed by atoms with Gasteiger partial charge in [-0.15, -0.1) is 0 Å². The molecule has 0 aliphatic carbocycles. The van der Waals surface area contributed by atoms with Crippen LogP contribution in [0, 0.1) is 0 Å². The predicted octanol–water partition coefficient (Wildman–Crippen LogP) is 5.33. The largest absolute Gasteiger partial charge is 0.458 e. The molecule has 0 amide bonds. The molecule has 3 aromatic rings. The van der Waals surface area contributed by atoms with Crippen LogP contribution in [0.4, 0.5) is 19.0 Å². The average Bonchev–Trinajstić information content (AvgIpc) is 3.21. The number of esters is 1. The number of pyridine rings is 1. The molecule has 2 N–H and O–H groups in total. The molecule has 1 fully saturated rings. The monoisotopic (exact) mass is 500 g/mol. The van der Waals surface area contributed by atoms with Crippen molar-refractivity contribution in [1.29, 1.82) is 0 Å². The summed E-state index contributed by atoms with van der Waals surface area (Å²) in [6, 6.07) is 8.61. The first kappa shape index (κ1) is 25.4. The van der Waals surface area contributed by atoms with Crippen LogP contribution < -0.4 is 5.32 Å². The van der Waals surface area contributed by atoms with Gasteiger partial charge in [-0.1, -0.05) is 26.0 Å². The number of rotatable bonds is 6. The first-order valence-corrected chi connectivity index (χ1v) is 11.6. The SMILES string of the molecule is CNc1cc(-c2nc(C(C)C)n(/C=C/C3CC(O)CC(=O)O3)c2-c2cccc(C(F)(F)F)c2)ccn1. The van der Waals surface area contributed by atoms with Gasteiger partial charge >= 0.3 is 12.1 Å². The van der Waals surface area contributed by atoms with Crippen molar-refractivity contribution in [3.63, 3.8) is 0 Å². The van der Waals surface area contributed by atoms with E-state index in [1.165, 1.54) is 6.07 Å². The van der Waals surface area contributed by atoms with Gasteiger partial charge in [0.1, 0.15) is 17.7 Å². The lowest BCUT2D eigenvalue weighted by molar-refractivity contribution is -0.156. The molecule has 0 bridgehead atoms. The Morgan fingerprint density at radius 1 is 1.22 bits per heavy atom. The van der Waals surface area contributed by atoms with Crippen molar-refractivity contribution in [2.45, 2.75) is 51.0 Å². The minimum atomic E-state index is -4.51. The average molecular weight is 501 g/mol. The fraction of sp³-hybridized carbons (Fsp3) is 0.346. The first-order chi connectivity index (χ1) is 17.1. The van der Waals surface area contributed by atoms with Gasteiger partial charge in [-0.05, 0) is 30.3 Å². The lowest BCUT2D eigenvalue weighted by Gasteiger charge is -2.23. The van der Waals surface area contributed by atoms with Crippen molar-refractivity contribution in [3.05, 3.63) is 60.1 Å². The normalized spacial score (nSPS) is 18.6. The van der Waals surface area contributed by atoms with Gasteiger partial charge < -0.3 is 19.7 Å². The van der Waals surface area contributed by atoms with Gasteiger partial charge in [0, 0.05) is 42.9 Å². The minimum Gasteiger partial charge on any atom is -0.458 e. The zero-order chi connectivity index (χ0) is 26.0. The number of cyclic esters (lactones) is 1. The second-order valence-electron chi connectivity index (χ2n) is 8.91. The molecule has 0 saturated carbocycles. The van der Waals surface area contributed by atoms with Gasteiger partial charge in [0.15, 0.2) is 0 Å². The van der Waals surface area contributed by atoms with Crippen LogP contribution in [0.15, 0.2) is 48.7 Å². The molecular formula is C26H27F3N4O3. The topological polar surface area (TPSA) is 89.3 Å². The maximum absolute atomic E-state index is 13.6. The third kappa shape index (κ3) is 5.43. The molecule has 7 nitrogen and oxygen atoms in total. The lowest BCUT2D eigenvalue weighted by Crippen LogP contribution is -2.31. The Bertz CT molecular complexity index is 1280. The highest BCUT2D eigenvalue weighted by molar-refractivity contribution is 5.82. The highest BCUT2D eigenvalue weighted by Crippen LogP contribution is 2.38. The van der Waals surface area contributed by atoms with Crippen LogP contribution in [0.25, 0.3) is 28.7 Å². The molecule has 1 aliphatic heterocycles. The fourth-order valence-electron chi connectivity index (χ4n) is 4.15. The van der Waals surface area contributed by atoms with Crippen LogP contribution in [-0.2, 0) is 15.7 Å². The number of hydrogen-bond acceptors (Lipinski definition) is 6. The standard InChI is InChI=1S/C26H27F3N4O3/c1-15(2)25-32-23(16-7-9-31-21(12-16)30-3)24(17-5-4-6-18(11-17)26(27,28)29)33(25)10-8-20-13-19(34)14-22(35)36-20/h4-12,15,19-20,34H,13-14H2,1-3H3,(H,30,31)/b10-8+. The van der Waals surface area contributed by atoms with Crippen LogP contribution in [-0.4, -0.2) is 44.9 Å². The number of nitrogens with zero attached hydrogens (tertiary/aromatic N) is 3. The van der Waals surface area contributed by atoms with E-state index in [2.05, 4.69) is 10.3 Å². The molecule has 3 heterocycles. The Kier molecular flexibility index (Phi) is 7.16. The smallest absolute Gasteiger partial charge is 0.416 e. The Hall–Kier alpha value is -3.66. The summed E-state index contributed by atoms with van der Waals surface area (Å²) in [5.74, 6) is 0.604. The van der Waals surface area contributed by atoms with E-state index in [4.69, 9.17) is 9.72 Å². The Balaban J connectivity index is 1.93. The number of benzene rings is 1. The number of hydrogen-bond donors (Lipinski definition) is 2. The zero-order valence-corrected chi connectivity index (χ0v) is 20.1. The number of ether oxygens (including phenoxy) is 1. The van der Waals surface area contributed by atoms with E-state index >= 15 is 0 Å². The second-order valence-corrected chi connectivity index (χ2v) is 8.91. The summed E-state index contributed by atoms with van der Waals surface area (Å²) in [5, 5.41) is 12.9. The van der Waals surface area contributed by atoms with Gasteiger partial charge in [-0.25, -0.2) is 9.97 Å². The summed E-state index contributed by atoms with van der Waals surface area (Å²) >= 11 is 0. The molecule has 1 aliphatic rings. The van der Waals surface area contributed by atoms with Gasteiger partial charge in [0.25, 0.3) is 0 Å². The number of carbonyl (C=O) groups is 1. The van der Waals surface area contributed by atoms with E-state index in [1.54, 1.807) is 48.3 Å². The highest BCUT2D eigenvalue weighted by Gasteiger charge is 2.32. The summed E-state index contributed by atoms with van der Waals surface area (Å²) in [5.41, 5.74) is 1.17. The van der Waals surface area contributed by atoms with Crippen molar-refractivity contribution >= 4 is 18.0 Å². The zero-order valence-electron chi connectivity index (χ0n) is 20.1. The quantitative estimate of drug-likeness (QED) is 0.445. The Labute approximate surface area is 206 Å². The number of alkyl halides is 3. The molecule has 10 heteroatoms. The molecule has 36 heavy (non-hydrogen) atoms. The van der Waals surface area contributed by atoms with Crippen LogP contribution >= 0.6 is 0 Å². The van der Waals surface area contributed by atoms with E-state index in [1.807, 2.05) is 13.8 Å². The van der Waals surface area contributed by atoms with Crippen molar-refractivity contribution in [2.75, 3.05) is 12.4 Å². The molecule has 190 valence electrons. The molecule has 2 aromatic heterocycles. The van der Waals surface area contributed by atoms with Crippen molar-refractivity contribution in [3.8, 4) is 22.5 Å². The molecule has 1 aromatic carbocycles. The molecule has 1 saturated heterocycles. The number of nitrogens with one attached hydrogen (secondary N) is 1. The number of aliphatic hydroxyl groups excluding tert-OH is 1. The van der Waals surface area contributed by atoms with Gasteiger partial charge in [-0.2, -0.15) is 13.2 Å². The van der Waals surface area contributed by atoms with Crippen LogP contribution in [0.2, 0.25) is 0 Å². The Morgan fingerprint density at radius 2 is 2.00 bits per heavy atom. The van der Waals surface area contributed by atoms with Crippen LogP contribution in [0.3, 0.4) is 0 Å². The number of anilines is 1. The van der Waals surface area contributed by atoms with Crippen LogP contribution in [0.5, 0.6) is 0 Å². The van der Waals surface area contributed by atoms with Gasteiger partial charge in [0.05, 0.1) is 29.5 Å². The maximum atomic E-state index is 13.6. The molecular weight excluding hydrogens is 473 g/mol. The highest BCUT2D eigenvalue weighted by atomic mass is 19.4. The van der Waals surface area contributed by atoms with E-state index in [0.29, 0.717) is 34.2 Å². The third-order valence-corrected chi connectivity index (χ3v) is 5.85. The van der Waals surface area contributed by atoms with Crippen LogP contribution in [0.1, 0.15) is 44.0 Å². The number of imidazole rings is 1. The molecule has 2 unspecified atom stereocenters. The summed E-state index contributed by atoms with van der Waals surface area (Å²) < 4.78 is 47.8. The third-order valence-electron chi connectivity index (χ3n) is 5.85. The summed E-state index contributed by atoms with van der Waals surface area (Å²) in [6.07, 6.45) is -0.957. The number of halogens is 3. The number of aliphatic hydroxyl groups is 1. The van der Waals surface area contributed by atoms with E-state index in [0.717, 1.165) is 12.1 Å². The lowest BCUT2D eigenvalue weighted by atomic mass is 10.0. The summed E-state index contributed by atoms with van der Waals surface area (Å²) in [6.45, 7) is 3.87. The van der Waals surface area contributed by atoms with E-state index in [9.17, 15) is 23.1 Å². The minimum absolute atomic E-state index is 0.0673. The molecule has 0 radical (unpaired) electrons. The van der Waals surface area contributed by atoms with Crippen molar-refractivity contribution in [2.24, 2.45) is 0 Å². The fourth-order valence-corrected chi connectivity index (χ4v) is 4.15. The first-order valence-electron chi connectivity index (χ1n) is 11.6. The second kappa shape index (κ2) is 10.1. The number of carbonyl (C=O) groups excluding carboxylic acids is 1. The van der Waals surface area contributed by atoms with E-state index < -0.39 is 29.9 Å². The molecule has 2 atom stereocenters. The van der Waals surface area contributed by atoms with Crippen molar-refractivity contribution in [1.82, 2.24) is 14.5 Å².